The molecule has 1 saturated heterocycles. The molecule has 3 rings (SSSR count). The number of aromatic amines is 1. The molecular formula is C13H14FN3. The fourth-order valence-corrected chi connectivity index (χ4v) is 2.25. The Morgan fingerprint density at radius 1 is 1.29 bits per heavy atom. The summed E-state index contributed by atoms with van der Waals surface area (Å²) in [5.41, 5.74) is 1.32. The molecule has 3 nitrogen and oxygen atoms in total. The van der Waals surface area contributed by atoms with E-state index in [1.807, 2.05) is 6.07 Å². The lowest BCUT2D eigenvalue weighted by molar-refractivity contribution is 0.612. The summed E-state index contributed by atoms with van der Waals surface area (Å²) < 4.78 is 13.6. The number of imidazole rings is 1. The van der Waals surface area contributed by atoms with Crippen LogP contribution in [-0.2, 0) is 0 Å². The zero-order valence-electron chi connectivity index (χ0n) is 9.41. The molecule has 1 aliphatic rings. The fourth-order valence-electron chi connectivity index (χ4n) is 2.25. The van der Waals surface area contributed by atoms with E-state index in [0.717, 1.165) is 24.5 Å². The van der Waals surface area contributed by atoms with Crippen LogP contribution in [0.4, 0.5) is 4.39 Å². The molecule has 0 amide bonds. The summed E-state index contributed by atoms with van der Waals surface area (Å²) in [4.78, 5) is 7.53. The number of rotatable bonds is 2. The Hall–Kier alpha value is -1.68. The quantitative estimate of drug-likeness (QED) is 0.834. The van der Waals surface area contributed by atoms with Crippen LogP contribution in [-0.4, -0.2) is 16.5 Å². The number of halogens is 1. The molecule has 2 aromatic rings. The van der Waals surface area contributed by atoms with E-state index < -0.39 is 0 Å². The highest BCUT2D eigenvalue weighted by Gasteiger charge is 2.19. The van der Waals surface area contributed by atoms with E-state index in [1.54, 1.807) is 18.3 Å². The Morgan fingerprint density at radius 3 is 2.94 bits per heavy atom. The lowest BCUT2D eigenvalue weighted by Crippen LogP contribution is -2.14. The summed E-state index contributed by atoms with van der Waals surface area (Å²) >= 11 is 0. The van der Waals surface area contributed by atoms with Crippen LogP contribution in [0.1, 0.15) is 24.7 Å². The number of hydrogen-bond acceptors (Lipinski definition) is 2. The first kappa shape index (κ1) is 10.5. The van der Waals surface area contributed by atoms with Crippen molar-refractivity contribution < 1.29 is 4.39 Å². The van der Waals surface area contributed by atoms with Crippen molar-refractivity contribution in [1.82, 2.24) is 15.3 Å². The van der Waals surface area contributed by atoms with Crippen molar-refractivity contribution in [1.29, 1.82) is 0 Å². The van der Waals surface area contributed by atoms with Crippen LogP contribution in [0.5, 0.6) is 0 Å². The van der Waals surface area contributed by atoms with Gasteiger partial charge in [0.05, 0.1) is 17.9 Å². The molecular weight excluding hydrogens is 217 g/mol. The molecule has 0 spiro atoms. The van der Waals surface area contributed by atoms with Crippen LogP contribution >= 0.6 is 0 Å². The van der Waals surface area contributed by atoms with Crippen molar-refractivity contribution in [2.24, 2.45) is 0 Å². The number of nitrogens with one attached hydrogen (secondary N) is 2. The first-order valence-electron chi connectivity index (χ1n) is 5.88. The molecule has 1 aromatic carbocycles. The van der Waals surface area contributed by atoms with Crippen LogP contribution in [0, 0.1) is 5.82 Å². The minimum atomic E-state index is -0.220. The Kier molecular flexibility index (Phi) is 2.65. The number of benzene rings is 1. The van der Waals surface area contributed by atoms with E-state index in [-0.39, 0.29) is 11.9 Å². The van der Waals surface area contributed by atoms with Crippen LogP contribution in [0.15, 0.2) is 30.5 Å². The molecule has 0 aliphatic carbocycles. The summed E-state index contributed by atoms with van der Waals surface area (Å²) in [6.07, 6.45) is 3.96. The molecule has 0 saturated carbocycles. The standard InChI is InChI=1S/C13H14FN3/c14-10-5-2-1-4-9(10)12-8-16-13(17-12)11-6-3-7-15-11/h1-2,4-5,8,11,15H,3,6-7H2,(H,16,17)/t11-/m0/s1. The maximum absolute atomic E-state index is 13.6. The van der Waals surface area contributed by atoms with Crippen molar-refractivity contribution >= 4 is 0 Å². The lowest BCUT2D eigenvalue weighted by atomic mass is 10.1. The smallest absolute Gasteiger partial charge is 0.132 e. The van der Waals surface area contributed by atoms with Gasteiger partial charge in [0.1, 0.15) is 11.6 Å². The second-order valence-electron chi connectivity index (χ2n) is 4.31. The Balaban J connectivity index is 1.92. The van der Waals surface area contributed by atoms with Gasteiger partial charge in [0.25, 0.3) is 0 Å². The van der Waals surface area contributed by atoms with Crippen LogP contribution in [0.2, 0.25) is 0 Å². The maximum atomic E-state index is 13.6. The van der Waals surface area contributed by atoms with Crippen molar-refractivity contribution in [3.8, 4) is 11.3 Å². The fraction of sp³-hybridized carbons (Fsp3) is 0.308. The van der Waals surface area contributed by atoms with Crippen molar-refractivity contribution in [3.63, 3.8) is 0 Å². The first-order valence-corrected chi connectivity index (χ1v) is 5.88. The van der Waals surface area contributed by atoms with E-state index >= 15 is 0 Å². The predicted molar refractivity (Wildman–Crippen MR) is 64.0 cm³/mol. The van der Waals surface area contributed by atoms with E-state index in [9.17, 15) is 4.39 Å². The first-order chi connectivity index (χ1) is 8.34. The van der Waals surface area contributed by atoms with E-state index in [0.29, 0.717) is 5.56 Å². The zero-order valence-corrected chi connectivity index (χ0v) is 9.41. The summed E-state index contributed by atoms with van der Waals surface area (Å²) in [5, 5.41) is 3.36. The number of H-pyrrole nitrogens is 1. The van der Waals surface area contributed by atoms with Crippen molar-refractivity contribution in [2.45, 2.75) is 18.9 Å². The highest BCUT2D eigenvalue weighted by molar-refractivity contribution is 5.59. The van der Waals surface area contributed by atoms with Crippen molar-refractivity contribution in [2.75, 3.05) is 6.54 Å². The van der Waals surface area contributed by atoms with Gasteiger partial charge in [-0.2, -0.15) is 0 Å². The highest BCUT2D eigenvalue weighted by atomic mass is 19.1. The van der Waals surface area contributed by atoms with Crippen LogP contribution in [0.25, 0.3) is 11.3 Å². The minimum Gasteiger partial charge on any atom is -0.341 e. The van der Waals surface area contributed by atoms with Gasteiger partial charge in [-0.05, 0) is 31.5 Å². The molecule has 0 unspecified atom stereocenters. The average molecular weight is 231 g/mol. The van der Waals surface area contributed by atoms with Gasteiger partial charge in [0.15, 0.2) is 0 Å². The Labute approximate surface area is 99.1 Å². The highest BCUT2D eigenvalue weighted by Crippen LogP contribution is 2.25. The predicted octanol–water partition coefficient (Wildman–Crippen LogP) is 2.64. The molecule has 2 N–H and O–H groups in total. The Bertz CT molecular complexity index is 515. The number of nitrogens with zero attached hydrogens (tertiary/aromatic N) is 1. The number of hydrogen-bond donors (Lipinski definition) is 2. The lowest BCUT2D eigenvalue weighted by Gasteiger charge is -2.05. The third-order valence-electron chi connectivity index (χ3n) is 3.15. The summed E-state index contributed by atoms with van der Waals surface area (Å²) in [6.45, 7) is 1.03. The van der Waals surface area contributed by atoms with Gasteiger partial charge in [0, 0.05) is 5.56 Å². The maximum Gasteiger partial charge on any atom is 0.132 e. The molecule has 1 aromatic heterocycles. The van der Waals surface area contributed by atoms with Gasteiger partial charge in [-0.3, -0.25) is 0 Å². The van der Waals surface area contributed by atoms with Crippen LogP contribution < -0.4 is 5.32 Å². The zero-order chi connectivity index (χ0) is 11.7. The molecule has 1 atom stereocenters. The molecule has 2 heterocycles. The minimum absolute atomic E-state index is 0.220. The third-order valence-corrected chi connectivity index (χ3v) is 3.15. The molecule has 17 heavy (non-hydrogen) atoms. The second-order valence-corrected chi connectivity index (χ2v) is 4.31. The van der Waals surface area contributed by atoms with Crippen molar-refractivity contribution in [3.05, 3.63) is 42.1 Å². The molecule has 88 valence electrons. The number of aromatic nitrogens is 2. The average Bonchev–Trinajstić information content (AvgIpc) is 3.00. The van der Waals surface area contributed by atoms with E-state index in [1.165, 1.54) is 12.5 Å². The van der Waals surface area contributed by atoms with Gasteiger partial charge in [-0.1, -0.05) is 12.1 Å². The largest absolute Gasteiger partial charge is 0.341 e. The normalized spacial score (nSPS) is 19.7. The van der Waals surface area contributed by atoms with Gasteiger partial charge < -0.3 is 10.3 Å². The van der Waals surface area contributed by atoms with Gasteiger partial charge in [0.2, 0.25) is 0 Å². The third kappa shape index (κ3) is 1.96. The van der Waals surface area contributed by atoms with Gasteiger partial charge in [-0.15, -0.1) is 0 Å². The van der Waals surface area contributed by atoms with Gasteiger partial charge >= 0.3 is 0 Å². The summed E-state index contributed by atoms with van der Waals surface area (Å²) in [7, 11) is 0. The Morgan fingerprint density at radius 2 is 2.18 bits per heavy atom. The van der Waals surface area contributed by atoms with E-state index in [2.05, 4.69) is 15.3 Å². The monoisotopic (exact) mass is 231 g/mol. The molecule has 1 aliphatic heterocycles. The summed E-state index contributed by atoms with van der Waals surface area (Å²) in [6, 6.07) is 7.02. The second kappa shape index (κ2) is 4.30. The topological polar surface area (TPSA) is 40.7 Å². The van der Waals surface area contributed by atoms with E-state index in [4.69, 9.17) is 0 Å². The van der Waals surface area contributed by atoms with Crippen LogP contribution in [0.3, 0.4) is 0 Å². The molecule has 4 heteroatoms. The summed E-state index contributed by atoms with van der Waals surface area (Å²) in [5.74, 6) is 0.683. The molecule has 0 radical (unpaired) electrons. The SMILES string of the molecule is Fc1ccccc1-c1cnc([C@@H]2CCCN2)[nH]1. The molecule has 0 bridgehead atoms. The van der Waals surface area contributed by atoms with Gasteiger partial charge in [-0.25, -0.2) is 9.37 Å². The molecule has 1 fully saturated rings.